The average molecular weight is 334 g/mol. The zero-order valence-electron chi connectivity index (χ0n) is 11.2. The van der Waals surface area contributed by atoms with E-state index < -0.39 is 10.0 Å². The van der Waals surface area contributed by atoms with Gasteiger partial charge in [-0.3, -0.25) is 0 Å². The summed E-state index contributed by atoms with van der Waals surface area (Å²) in [4.78, 5) is 0.821. The molecule has 1 aliphatic heterocycles. The molecule has 8 heteroatoms. The van der Waals surface area contributed by atoms with Gasteiger partial charge in [-0.1, -0.05) is 12.2 Å². The summed E-state index contributed by atoms with van der Waals surface area (Å²) in [6, 6.07) is 3.19. The fourth-order valence-electron chi connectivity index (χ4n) is 2.32. The molecule has 0 saturated carbocycles. The normalized spacial score (nSPS) is 19.9. The Morgan fingerprint density at radius 2 is 2.10 bits per heavy atom. The van der Waals surface area contributed by atoms with E-state index in [2.05, 4.69) is 0 Å². The van der Waals surface area contributed by atoms with Crippen molar-refractivity contribution in [3.8, 4) is 0 Å². The summed E-state index contributed by atoms with van der Waals surface area (Å²) in [7, 11) is -3.47. The van der Waals surface area contributed by atoms with E-state index in [4.69, 9.17) is 18.0 Å². The van der Waals surface area contributed by atoms with Gasteiger partial charge in [-0.25, -0.2) is 8.42 Å². The summed E-state index contributed by atoms with van der Waals surface area (Å²) in [6.45, 7) is 2.64. The number of piperidine rings is 1. The van der Waals surface area contributed by atoms with Crippen molar-refractivity contribution in [2.45, 2.75) is 30.1 Å². The third kappa shape index (κ3) is 3.20. The second-order valence-electron chi connectivity index (χ2n) is 4.97. The molecule has 1 saturated heterocycles. The van der Waals surface area contributed by atoms with E-state index in [0.29, 0.717) is 30.8 Å². The molecule has 2 rings (SSSR count). The van der Waals surface area contributed by atoms with Crippen LogP contribution in [0.2, 0.25) is 0 Å². The van der Waals surface area contributed by atoms with Gasteiger partial charge in [0, 0.05) is 13.1 Å². The predicted octanol–water partition coefficient (Wildman–Crippen LogP) is 1.16. The van der Waals surface area contributed by atoms with Crippen molar-refractivity contribution in [2.75, 3.05) is 13.1 Å². The lowest BCUT2D eigenvalue weighted by atomic mass is 9.93. The van der Waals surface area contributed by atoms with Crippen molar-refractivity contribution in [3.05, 3.63) is 17.0 Å². The third-order valence-electron chi connectivity index (χ3n) is 3.60. The first-order valence-electron chi connectivity index (χ1n) is 6.40. The Balaban J connectivity index is 2.13. The van der Waals surface area contributed by atoms with Crippen LogP contribution in [0.4, 0.5) is 0 Å². The number of aliphatic hydroxyl groups is 1. The van der Waals surface area contributed by atoms with Crippen LogP contribution in [-0.2, 0) is 10.0 Å². The van der Waals surface area contributed by atoms with Crippen molar-refractivity contribution >= 4 is 38.6 Å². The number of hydrogen-bond donors (Lipinski definition) is 2. The van der Waals surface area contributed by atoms with Crippen LogP contribution in [0, 0.1) is 5.92 Å². The maximum Gasteiger partial charge on any atom is 0.252 e. The topological polar surface area (TPSA) is 83.6 Å². The molecular formula is C12H18N2O3S3. The molecule has 0 aromatic carbocycles. The lowest BCUT2D eigenvalue weighted by Crippen LogP contribution is -2.40. The first-order valence-corrected chi connectivity index (χ1v) is 9.06. The van der Waals surface area contributed by atoms with Crippen molar-refractivity contribution in [2.24, 2.45) is 11.7 Å². The molecule has 1 unspecified atom stereocenters. The smallest absolute Gasteiger partial charge is 0.252 e. The van der Waals surface area contributed by atoms with Gasteiger partial charge in [0.05, 0.1) is 11.0 Å². The summed E-state index contributed by atoms with van der Waals surface area (Å²) in [5.74, 6) is 0.178. The largest absolute Gasteiger partial charge is 0.393 e. The van der Waals surface area contributed by atoms with Crippen molar-refractivity contribution in [3.63, 3.8) is 0 Å². The van der Waals surface area contributed by atoms with Crippen molar-refractivity contribution in [1.29, 1.82) is 0 Å². The van der Waals surface area contributed by atoms with Crippen LogP contribution in [0.5, 0.6) is 0 Å². The molecule has 112 valence electrons. The average Bonchev–Trinajstić information content (AvgIpc) is 2.89. The second kappa shape index (κ2) is 6.07. The Bertz CT molecular complexity index is 587. The van der Waals surface area contributed by atoms with Gasteiger partial charge < -0.3 is 10.8 Å². The molecule has 0 radical (unpaired) electrons. The first-order chi connectivity index (χ1) is 9.32. The van der Waals surface area contributed by atoms with Crippen LogP contribution in [0.1, 0.15) is 24.6 Å². The molecule has 1 aromatic heterocycles. The van der Waals surface area contributed by atoms with E-state index in [-0.39, 0.29) is 21.2 Å². The van der Waals surface area contributed by atoms with Crippen LogP contribution in [0.25, 0.3) is 0 Å². The maximum absolute atomic E-state index is 12.5. The van der Waals surface area contributed by atoms with E-state index in [0.717, 1.165) is 11.3 Å². The lowest BCUT2D eigenvalue weighted by molar-refractivity contribution is 0.0912. The molecule has 2 heterocycles. The quantitative estimate of drug-likeness (QED) is 0.808. The molecular weight excluding hydrogens is 316 g/mol. The van der Waals surface area contributed by atoms with E-state index in [9.17, 15) is 13.5 Å². The third-order valence-corrected chi connectivity index (χ3v) is 7.43. The SMILES string of the molecule is CC(O)C1CCN(S(=O)(=O)c2ccc(C(N)=S)s2)CC1. The minimum atomic E-state index is -3.47. The van der Waals surface area contributed by atoms with Crippen LogP contribution >= 0.6 is 23.6 Å². The van der Waals surface area contributed by atoms with E-state index in [1.807, 2.05) is 0 Å². The van der Waals surface area contributed by atoms with Gasteiger partial charge in [-0.15, -0.1) is 11.3 Å². The summed E-state index contributed by atoms with van der Waals surface area (Å²) in [6.07, 6.45) is 0.984. The maximum atomic E-state index is 12.5. The van der Waals surface area contributed by atoms with Gasteiger partial charge in [0.1, 0.15) is 9.20 Å². The van der Waals surface area contributed by atoms with Crippen molar-refractivity contribution in [1.82, 2.24) is 4.31 Å². The molecule has 1 atom stereocenters. The van der Waals surface area contributed by atoms with Gasteiger partial charge in [0.2, 0.25) is 0 Å². The fraction of sp³-hybridized carbons (Fsp3) is 0.583. The summed E-state index contributed by atoms with van der Waals surface area (Å²) >= 11 is 5.95. The highest BCUT2D eigenvalue weighted by Gasteiger charge is 2.31. The molecule has 1 fully saturated rings. The summed E-state index contributed by atoms with van der Waals surface area (Å²) in [5, 5.41) is 9.55. The number of thiophene rings is 1. The number of sulfonamides is 1. The Morgan fingerprint density at radius 3 is 2.55 bits per heavy atom. The highest BCUT2D eigenvalue weighted by Crippen LogP contribution is 2.29. The lowest BCUT2D eigenvalue weighted by Gasteiger charge is -2.32. The van der Waals surface area contributed by atoms with Gasteiger partial charge in [0.15, 0.2) is 0 Å². The van der Waals surface area contributed by atoms with E-state index in [1.165, 1.54) is 4.31 Å². The van der Waals surface area contributed by atoms with Gasteiger partial charge in [-0.05, 0) is 37.8 Å². The number of thiocarbonyl (C=S) groups is 1. The Labute approximate surface area is 128 Å². The molecule has 5 nitrogen and oxygen atoms in total. The Morgan fingerprint density at radius 1 is 1.50 bits per heavy atom. The number of aliphatic hydroxyl groups excluding tert-OH is 1. The molecule has 1 aliphatic rings. The van der Waals surface area contributed by atoms with Crippen LogP contribution in [0.3, 0.4) is 0 Å². The minimum Gasteiger partial charge on any atom is -0.393 e. The molecule has 0 amide bonds. The Hall–Kier alpha value is -0.540. The minimum absolute atomic E-state index is 0.178. The molecule has 1 aromatic rings. The fourth-order valence-corrected chi connectivity index (χ4v) is 5.29. The zero-order chi connectivity index (χ0) is 14.9. The van der Waals surface area contributed by atoms with E-state index >= 15 is 0 Å². The monoisotopic (exact) mass is 334 g/mol. The number of nitrogens with zero attached hydrogens (tertiary/aromatic N) is 1. The molecule has 0 bridgehead atoms. The first kappa shape index (κ1) is 15.8. The van der Waals surface area contributed by atoms with Gasteiger partial charge in [-0.2, -0.15) is 4.31 Å². The second-order valence-corrected chi connectivity index (χ2v) is 8.65. The molecule has 3 N–H and O–H groups in total. The summed E-state index contributed by atoms with van der Waals surface area (Å²) in [5.41, 5.74) is 5.51. The number of rotatable bonds is 4. The van der Waals surface area contributed by atoms with Crippen LogP contribution in [0.15, 0.2) is 16.3 Å². The standard InChI is InChI=1S/C12H18N2O3S3/c1-8(15)9-4-6-14(7-5-9)20(16,17)11-3-2-10(19-11)12(13)18/h2-3,8-9,15H,4-7H2,1H3,(H2,13,18). The van der Waals surface area contributed by atoms with E-state index in [1.54, 1.807) is 19.1 Å². The van der Waals surface area contributed by atoms with Gasteiger partial charge in [0.25, 0.3) is 10.0 Å². The number of hydrogen-bond acceptors (Lipinski definition) is 5. The molecule has 20 heavy (non-hydrogen) atoms. The highest BCUT2D eigenvalue weighted by atomic mass is 32.2. The number of nitrogens with two attached hydrogens (primary N) is 1. The van der Waals surface area contributed by atoms with Crippen LogP contribution < -0.4 is 5.73 Å². The molecule has 0 spiro atoms. The van der Waals surface area contributed by atoms with Crippen LogP contribution in [-0.4, -0.2) is 42.0 Å². The zero-order valence-corrected chi connectivity index (χ0v) is 13.6. The summed E-state index contributed by atoms with van der Waals surface area (Å²) < 4.78 is 26.7. The molecule has 0 aliphatic carbocycles. The Kier molecular flexibility index (Phi) is 4.80. The van der Waals surface area contributed by atoms with Gasteiger partial charge >= 0.3 is 0 Å². The highest BCUT2D eigenvalue weighted by molar-refractivity contribution is 7.91. The predicted molar refractivity (Wildman–Crippen MR) is 83.4 cm³/mol. The van der Waals surface area contributed by atoms with Crippen molar-refractivity contribution < 1.29 is 13.5 Å².